The molecular weight excluding hydrogens is 744 g/mol. The van der Waals surface area contributed by atoms with E-state index < -0.39 is 0 Å². The van der Waals surface area contributed by atoms with E-state index in [9.17, 15) is 0 Å². The SMILES string of the molecule is CC(C)(C)c1cc[c-]c(-c2ccc(C(C)(C)C)/c(=N/c3nc(-c4cc5cc6ccccc6cc5cn4)ccc3C(C)(C)C)[n-]2)c1.[Pt+2]. The summed E-state index contributed by atoms with van der Waals surface area (Å²) in [5.74, 6) is 0.669. The van der Waals surface area contributed by atoms with Crippen molar-refractivity contribution in [3.8, 4) is 22.6 Å². The number of rotatable bonds is 3. The third-order valence-corrected chi connectivity index (χ3v) is 8.37. The average Bonchev–Trinajstić information content (AvgIpc) is 2.98. The van der Waals surface area contributed by atoms with Crippen molar-refractivity contribution >= 4 is 27.4 Å². The Bertz CT molecular complexity index is 2120. The first-order chi connectivity index (χ1) is 21.2. The van der Waals surface area contributed by atoms with Gasteiger partial charge in [0.05, 0.1) is 17.2 Å². The molecule has 0 N–H and O–H groups in total. The summed E-state index contributed by atoms with van der Waals surface area (Å²) in [4.78, 5) is 20.4. The van der Waals surface area contributed by atoms with Gasteiger partial charge in [0.1, 0.15) is 0 Å². The molecule has 0 saturated carbocycles. The smallest absolute Gasteiger partial charge is 0.482 e. The quantitative estimate of drug-likeness (QED) is 0.133. The van der Waals surface area contributed by atoms with Crippen LogP contribution in [0.15, 0.2) is 96.1 Å². The Balaban J connectivity index is 0.00000417. The van der Waals surface area contributed by atoms with E-state index in [1.165, 1.54) is 16.3 Å². The summed E-state index contributed by atoms with van der Waals surface area (Å²) in [6, 6.07) is 33.2. The Morgan fingerprint density at radius 2 is 1.28 bits per heavy atom. The van der Waals surface area contributed by atoms with Gasteiger partial charge in [0, 0.05) is 11.6 Å². The van der Waals surface area contributed by atoms with Gasteiger partial charge in [-0.3, -0.25) is 9.97 Å². The first-order valence-corrected chi connectivity index (χ1v) is 15.7. The second kappa shape index (κ2) is 12.4. The molecule has 0 radical (unpaired) electrons. The van der Waals surface area contributed by atoms with Gasteiger partial charge >= 0.3 is 21.1 Å². The minimum absolute atomic E-state index is 0. The normalized spacial score (nSPS) is 12.8. The van der Waals surface area contributed by atoms with Crippen molar-refractivity contribution in [2.45, 2.75) is 78.6 Å². The summed E-state index contributed by atoms with van der Waals surface area (Å²) in [7, 11) is 0. The van der Waals surface area contributed by atoms with Crippen LogP contribution in [0.25, 0.3) is 44.2 Å². The van der Waals surface area contributed by atoms with Crippen LogP contribution in [0.1, 0.15) is 79.0 Å². The van der Waals surface area contributed by atoms with Crippen molar-refractivity contribution in [1.29, 1.82) is 0 Å². The van der Waals surface area contributed by atoms with Crippen molar-refractivity contribution in [2.75, 3.05) is 0 Å². The van der Waals surface area contributed by atoms with E-state index in [4.69, 9.17) is 19.9 Å². The first kappa shape index (κ1) is 33.5. The van der Waals surface area contributed by atoms with E-state index in [0.717, 1.165) is 44.5 Å². The number of nitrogens with zero attached hydrogens (tertiary/aromatic N) is 4. The second-order valence-electron chi connectivity index (χ2n) is 15.1. The maximum atomic E-state index is 5.26. The third kappa shape index (κ3) is 6.93. The van der Waals surface area contributed by atoms with Crippen molar-refractivity contribution in [2.24, 2.45) is 4.99 Å². The van der Waals surface area contributed by atoms with Gasteiger partial charge in [-0.2, -0.15) is 0 Å². The summed E-state index contributed by atoms with van der Waals surface area (Å²) in [5.41, 5.74) is 7.18. The molecule has 3 aromatic heterocycles. The topological polar surface area (TPSA) is 52.2 Å². The minimum atomic E-state index is -0.172. The molecule has 0 aliphatic carbocycles. The molecular formula is C41H42N4Pt. The largest absolute Gasteiger partial charge is 2.00 e. The molecule has 0 saturated heterocycles. The summed E-state index contributed by atoms with van der Waals surface area (Å²) < 4.78 is 0. The van der Waals surface area contributed by atoms with Crippen molar-refractivity contribution < 1.29 is 21.1 Å². The van der Waals surface area contributed by atoms with Crippen LogP contribution in [0.2, 0.25) is 0 Å². The zero-order chi connectivity index (χ0) is 32.1. The maximum Gasteiger partial charge on any atom is 2.00 e. The van der Waals surface area contributed by atoms with Crippen molar-refractivity contribution in [1.82, 2.24) is 15.0 Å². The fourth-order valence-electron chi connectivity index (χ4n) is 5.69. The monoisotopic (exact) mass is 785 g/mol. The Morgan fingerprint density at radius 1 is 0.630 bits per heavy atom. The molecule has 0 aliphatic heterocycles. The molecule has 3 aromatic carbocycles. The minimum Gasteiger partial charge on any atom is -0.482 e. The predicted octanol–water partition coefficient (Wildman–Crippen LogP) is 10.00. The van der Waals surface area contributed by atoms with Gasteiger partial charge in [0.15, 0.2) is 0 Å². The van der Waals surface area contributed by atoms with Gasteiger partial charge in [-0.15, -0.1) is 47.2 Å². The molecule has 0 aliphatic rings. The van der Waals surface area contributed by atoms with Crippen LogP contribution in [-0.2, 0) is 37.3 Å². The van der Waals surface area contributed by atoms with Crippen molar-refractivity contribution in [3.05, 3.63) is 119 Å². The van der Waals surface area contributed by atoms with Crippen LogP contribution in [0, 0.1) is 6.07 Å². The molecule has 236 valence electrons. The number of benzene rings is 3. The van der Waals surface area contributed by atoms with Crippen LogP contribution in [0.3, 0.4) is 0 Å². The molecule has 6 rings (SSSR count). The molecule has 0 spiro atoms. The summed E-state index contributed by atoms with van der Waals surface area (Å²) >= 11 is 0. The fraction of sp³-hybridized carbons (Fsp3) is 0.293. The van der Waals surface area contributed by atoms with Gasteiger partial charge < -0.3 is 9.98 Å². The van der Waals surface area contributed by atoms with Crippen LogP contribution in [-0.4, -0.2) is 9.97 Å². The van der Waals surface area contributed by atoms with E-state index in [0.29, 0.717) is 11.3 Å². The van der Waals surface area contributed by atoms with Crippen LogP contribution >= 0.6 is 0 Å². The number of hydrogen-bond donors (Lipinski definition) is 0. The van der Waals surface area contributed by atoms with Crippen LogP contribution < -0.4 is 10.5 Å². The predicted molar refractivity (Wildman–Crippen MR) is 188 cm³/mol. The fourth-order valence-corrected chi connectivity index (χ4v) is 5.69. The number of pyridine rings is 3. The molecule has 0 unspecified atom stereocenters. The average molecular weight is 786 g/mol. The van der Waals surface area contributed by atoms with Gasteiger partial charge in [-0.25, -0.2) is 0 Å². The van der Waals surface area contributed by atoms with E-state index in [2.05, 4.69) is 147 Å². The molecule has 0 bridgehead atoms. The van der Waals surface area contributed by atoms with Gasteiger partial charge in [-0.1, -0.05) is 104 Å². The standard InChI is InChI=1S/C41H42N4.Pt/c1-39(2,3)31-16-12-15-28(23-31)34-19-17-32(40(4,5)6)37(43-34)45-38-33(41(7,8)9)18-20-35(44-38)36-24-29-21-26-13-10-11-14-27(26)22-30(29)25-42-36;/h10-14,16-25H,1-9H3;/q-2;+2. The Labute approximate surface area is 287 Å². The van der Waals surface area contributed by atoms with Gasteiger partial charge in [0.2, 0.25) is 0 Å². The molecule has 46 heavy (non-hydrogen) atoms. The number of aromatic nitrogens is 3. The number of fused-ring (bicyclic) bond motifs is 2. The Kier molecular flexibility index (Phi) is 9.01. The summed E-state index contributed by atoms with van der Waals surface area (Å²) in [6.07, 6.45) is 1.94. The molecule has 0 atom stereocenters. The summed E-state index contributed by atoms with van der Waals surface area (Å²) in [5, 5.41) is 4.66. The molecule has 3 heterocycles. The maximum absolute atomic E-state index is 5.26. The second-order valence-corrected chi connectivity index (χ2v) is 15.1. The summed E-state index contributed by atoms with van der Waals surface area (Å²) in [6.45, 7) is 19.9. The van der Waals surface area contributed by atoms with E-state index >= 15 is 0 Å². The molecule has 4 nitrogen and oxygen atoms in total. The Hall–Kier alpha value is -3.88. The van der Waals surface area contributed by atoms with Gasteiger partial charge in [0.25, 0.3) is 0 Å². The van der Waals surface area contributed by atoms with Gasteiger partial charge in [-0.05, 0) is 67.8 Å². The zero-order valence-corrected chi connectivity index (χ0v) is 30.5. The molecule has 0 amide bonds. The van der Waals surface area contributed by atoms with Crippen LogP contribution in [0.5, 0.6) is 0 Å². The molecule has 0 fully saturated rings. The first-order valence-electron chi connectivity index (χ1n) is 15.7. The number of hydrogen-bond acceptors (Lipinski definition) is 3. The van der Waals surface area contributed by atoms with E-state index in [1.807, 2.05) is 12.3 Å². The van der Waals surface area contributed by atoms with E-state index in [-0.39, 0.29) is 37.3 Å². The van der Waals surface area contributed by atoms with E-state index in [1.54, 1.807) is 0 Å². The van der Waals surface area contributed by atoms with Crippen LogP contribution in [0.4, 0.5) is 5.82 Å². The molecule has 6 aromatic rings. The zero-order valence-electron chi connectivity index (χ0n) is 28.3. The van der Waals surface area contributed by atoms with Crippen molar-refractivity contribution in [3.63, 3.8) is 0 Å². The third-order valence-electron chi connectivity index (χ3n) is 8.37. The molecule has 5 heteroatoms. The Morgan fingerprint density at radius 3 is 1.93 bits per heavy atom.